The Balaban J connectivity index is 3.43. The minimum absolute atomic E-state index is 0.00312. The van der Waals surface area contributed by atoms with Gasteiger partial charge in [-0.3, -0.25) is 9.59 Å². The third-order valence-corrected chi connectivity index (χ3v) is 15.5. The number of nitrogens with one attached hydrogen (secondary N) is 1. The highest BCUT2D eigenvalue weighted by molar-refractivity contribution is 5.76. The van der Waals surface area contributed by atoms with Gasteiger partial charge in [-0.2, -0.15) is 0 Å². The first-order chi connectivity index (χ1) is 36.0. The van der Waals surface area contributed by atoms with Crippen LogP contribution in [-0.4, -0.2) is 47.4 Å². The quantitative estimate of drug-likeness (QED) is 0.0320. The van der Waals surface area contributed by atoms with Crippen molar-refractivity contribution < 1.29 is 24.5 Å². The molecule has 0 aliphatic heterocycles. The third-order valence-electron chi connectivity index (χ3n) is 15.5. The number of esters is 1. The van der Waals surface area contributed by atoms with Gasteiger partial charge in [-0.05, 0) is 77.0 Å². The summed E-state index contributed by atoms with van der Waals surface area (Å²) in [6.07, 6.45) is 77.7. The lowest BCUT2D eigenvalue weighted by molar-refractivity contribution is -0.143. The van der Waals surface area contributed by atoms with E-state index in [1.54, 1.807) is 0 Å². The maximum Gasteiger partial charge on any atom is 0.305 e. The maximum absolute atomic E-state index is 12.5. The summed E-state index contributed by atoms with van der Waals surface area (Å²) in [6, 6.07) is -0.549. The highest BCUT2D eigenvalue weighted by atomic mass is 16.5. The van der Waals surface area contributed by atoms with E-state index in [2.05, 4.69) is 43.5 Å². The molecule has 0 rings (SSSR count). The Labute approximate surface area is 456 Å². The molecule has 0 aromatic rings. The van der Waals surface area contributed by atoms with Crippen molar-refractivity contribution >= 4 is 11.9 Å². The van der Waals surface area contributed by atoms with Crippen molar-refractivity contribution in [2.24, 2.45) is 0 Å². The second-order valence-corrected chi connectivity index (χ2v) is 22.8. The molecule has 0 bridgehead atoms. The van der Waals surface area contributed by atoms with Crippen LogP contribution in [0.15, 0.2) is 24.3 Å². The fraction of sp³-hybridized carbons (Fsp3) is 0.910. The van der Waals surface area contributed by atoms with E-state index in [1.165, 1.54) is 289 Å². The van der Waals surface area contributed by atoms with Crippen LogP contribution in [0.5, 0.6) is 0 Å². The predicted octanol–water partition coefficient (Wildman–Crippen LogP) is 21.0. The van der Waals surface area contributed by atoms with Gasteiger partial charge < -0.3 is 20.3 Å². The molecule has 0 saturated carbocycles. The molecule has 432 valence electrons. The molecular formula is C67H129NO5. The summed E-state index contributed by atoms with van der Waals surface area (Å²) >= 11 is 0. The lowest BCUT2D eigenvalue weighted by atomic mass is 10.0. The average Bonchev–Trinajstić information content (AvgIpc) is 3.39. The first kappa shape index (κ1) is 71.3. The molecule has 0 aliphatic rings. The molecular weight excluding hydrogens is 899 g/mol. The number of aliphatic hydroxyl groups is 2. The van der Waals surface area contributed by atoms with Crippen LogP contribution in [-0.2, 0) is 14.3 Å². The summed E-state index contributed by atoms with van der Waals surface area (Å²) in [5.41, 5.74) is 0. The molecule has 0 aromatic heterocycles. The minimum Gasteiger partial charge on any atom is -0.466 e. The zero-order chi connectivity index (χ0) is 52.9. The molecule has 6 heteroatoms. The summed E-state index contributed by atoms with van der Waals surface area (Å²) in [5.74, 6) is -0.0428. The van der Waals surface area contributed by atoms with Crippen LogP contribution in [0, 0.1) is 0 Å². The monoisotopic (exact) mass is 1030 g/mol. The van der Waals surface area contributed by atoms with Crippen LogP contribution in [0.2, 0.25) is 0 Å². The summed E-state index contributed by atoms with van der Waals surface area (Å²) in [6.45, 7) is 4.95. The van der Waals surface area contributed by atoms with Gasteiger partial charge in [0.2, 0.25) is 5.91 Å². The largest absolute Gasteiger partial charge is 0.466 e. The Bertz CT molecular complexity index is 1140. The van der Waals surface area contributed by atoms with Gasteiger partial charge in [0.05, 0.1) is 25.4 Å². The van der Waals surface area contributed by atoms with Gasteiger partial charge in [0.15, 0.2) is 0 Å². The minimum atomic E-state index is -0.671. The molecule has 1 amide bonds. The second-order valence-electron chi connectivity index (χ2n) is 22.8. The lowest BCUT2D eigenvalue weighted by Gasteiger charge is -2.22. The Morgan fingerprint density at radius 1 is 0.370 bits per heavy atom. The number of hydrogen-bond donors (Lipinski definition) is 3. The van der Waals surface area contributed by atoms with Crippen LogP contribution in [0.4, 0.5) is 0 Å². The SMILES string of the molecule is CCCCC/C=C\CCCCCCCC(=O)OCCCCCCCCCCC/C=C\CCCCCCCCCC(=O)NC(CO)C(O)CCCCCCCCCCCCCCCCCCCCCCCCCC. The van der Waals surface area contributed by atoms with E-state index in [4.69, 9.17) is 4.74 Å². The van der Waals surface area contributed by atoms with Gasteiger partial charge >= 0.3 is 5.97 Å². The van der Waals surface area contributed by atoms with Gasteiger partial charge in [0.1, 0.15) is 0 Å². The van der Waals surface area contributed by atoms with E-state index < -0.39 is 12.1 Å². The Morgan fingerprint density at radius 3 is 1.00 bits per heavy atom. The number of rotatable bonds is 62. The Hall–Kier alpha value is -1.66. The van der Waals surface area contributed by atoms with Crippen molar-refractivity contribution in [3.63, 3.8) is 0 Å². The zero-order valence-corrected chi connectivity index (χ0v) is 49.4. The number of hydrogen-bond acceptors (Lipinski definition) is 5. The summed E-state index contributed by atoms with van der Waals surface area (Å²) in [4.78, 5) is 24.6. The van der Waals surface area contributed by atoms with E-state index >= 15 is 0 Å². The second kappa shape index (κ2) is 62.9. The van der Waals surface area contributed by atoms with Crippen LogP contribution in [0.3, 0.4) is 0 Å². The normalized spacial score (nSPS) is 12.7. The number of aliphatic hydroxyl groups excluding tert-OH is 2. The van der Waals surface area contributed by atoms with Crippen molar-refractivity contribution in [2.75, 3.05) is 13.2 Å². The molecule has 0 spiro atoms. The molecule has 0 fully saturated rings. The molecule has 3 N–H and O–H groups in total. The van der Waals surface area contributed by atoms with E-state index in [1.807, 2.05) is 0 Å². The van der Waals surface area contributed by atoms with Crippen LogP contribution < -0.4 is 5.32 Å². The number of allylic oxidation sites excluding steroid dienone is 4. The zero-order valence-electron chi connectivity index (χ0n) is 49.4. The fourth-order valence-electron chi connectivity index (χ4n) is 10.4. The molecule has 0 radical (unpaired) electrons. The van der Waals surface area contributed by atoms with E-state index in [9.17, 15) is 19.8 Å². The predicted molar refractivity (Wildman–Crippen MR) is 320 cm³/mol. The molecule has 2 unspecified atom stereocenters. The van der Waals surface area contributed by atoms with Gasteiger partial charge in [-0.25, -0.2) is 0 Å². The fourth-order valence-corrected chi connectivity index (χ4v) is 10.4. The van der Waals surface area contributed by atoms with Gasteiger partial charge in [0.25, 0.3) is 0 Å². The highest BCUT2D eigenvalue weighted by Gasteiger charge is 2.20. The van der Waals surface area contributed by atoms with Crippen molar-refractivity contribution in [1.29, 1.82) is 0 Å². The summed E-state index contributed by atoms with van der Waals surface area (Å²) in [5, 5.41) is 23.4. The van der Waals surface area contributed by atoms with E-state index in [-0.39, 0.29) is 18.5 Å². The molecule has 0 aromatic carbocycles. The van der Waals surface area contributed by atoms with Crippen LogP contribution in [0.1, 0.15) is 367 Å². The van der Waals surface area contributed by atoms with Gasteiger partial charge in [0, 0.05) is 12.8 Å². The van der Waals surface area contributed by atoms with Crippen molar-refractivity contribution in [1.82, 2.24) is 5.32 Å². The average molecular weight is 1030 g/mol. The van der Waals surface area contributed by atoms with Crippen molar-refractivity contribution in [2.45, 2.75) is 379 Å². The van der Waals surface area contributed by atoms with Crippen LogP contribution in [0.25, 0.3) is 0 Å². The molecule has 2 atom stereocenters. The smallest absolute Gasteiger partial charge is 0.305 e. The topological polar surface area (TPSA) is 95.9 Å². The number of unbranched alkanes of at least 4 members (excludes halogenated alkanes) is 47. The van der Waals surface area contributed by atoms with Crippen molar-refractivity contribution in [3.05, 3.63) is 24.3 Å². The van der Waals surface area contributed by atoms with E-state index in [0.717, 1.165) is 44.9 Å². The first-order valence-electron chi connectivity index (χ1n) is 33.1. The Kier molecular flexibility index (Phi) is 61.4. The molecule has 0 saturated heterocycles. The lowest BCUT2D eigenvalue weighted by Crippen LogP contribution is -2.45. The number of carbonyl (C=O) groups excluding carboxylic acids is 2. The number of ether oxygens (including phenoxy) is 1. The molecule has 0 aliphatic carbocycles. The summed E-state index contributed by atoms with van der Waals surface area (Å²) in [7, 11) is 0. The van der Waals surface area contributed by atoms with E-state index in [0.29, 0.717) is 25.9 Å². The highest BCUT2D eigenvalue weighted by Crippen LogP contribution is 2.18. The standard InChI is InChI=1S/C67H129NO5/c1-3-5-7-9-11-13-15-17-18-19-20-21-22-23-24-27-30-33-36-39-43-47-51-55-59-65(70)64(63-69)68-66(71)60-56-52-48-44-40-37-34-31-28-25-26-29-32-35-38-42-46-50-54-58-62-73-67(72)61-57-53-49-45-41-16-14-12-10-8-6-4-2/h12,14,25,28,64-65,69-70H,3-11,13,15-24,26-27,29-63H2,1-2H3,(H,68,71)/b14-12-,28-25-. The number of carbonyl (C=O) groups is 2. The van der Waals surface area contributed by atoms with Gasteiger partial charge in [-0.15, -0.1) is 0 Å². The maximum atomic E-state index is 12.5. The van der Waals surface area contributed by atoms with Crippen LogP contribution >= 0.6 is 0 Å². The molecule has 6 nitrogen and oxygen atoms in total. The first-order valence-corrected chi connectivity index (χ1v) is 33.1. The molecule has 73 heavy (non-hydrogen) atoms. The third kappa shape index (κ3) is 59.4. The Morgan fingerprint density at radius 2 is 0.644 bits per heavy atom. The number of amides is 1. The van der Waals surface area contributed by atoms with Gasteiger partial charge in [-0.1, -0.05) is 301 Å². The van der Waals surface area contributed by atoms with Crippen molar-refractivity contribution in [3.8, 4) is 0 Å². The molecule has 0 heterocycles. The summed E-state index contributed by atoms with van der Waals surface area (Å²) < 4.78 is 5.46.